The van der Waals surface area contributed by atoms with Gasteiger partial charge in [0.25, 0.3) is 0 Å². The number of nitrogens with one attached hydrogen (secondary N) is 2. The van der Waals surface area contributed by atoms with Crippen molar-refractivity contribution in [3.05, 3.63) is 253 Å². The highest BCUT2D eigenvalue weighted by molar-refractivity contribution is 5.86. The summed E-state index contributed by atoms with van der Waals surface area (Å²) in [6, 6.07) is 73.1. The van der Waals surface area contributed by atoms with E-state index in [1.807, 2.05) is 307 Å². The summed E-state index contributed by atoms with van der Waals surface area (Å²) in [5.41, 5.74) is 1.47. The summed E-state index contributed by atoms with van der Waals surface area (Å²) >= 11 is 0. The maximum absolute atomic E-state index is 13.8. The van der Waals surface area contributed by atoms with Gasteiger partial charge in [0.1, 0.15) is 105 Å². The topological polar surface area (TPSA) is 274 Å². The van der Waals surface area contributed by atoms with Gasteiger partial charge in [0, 0.05) is 69.4 Å². The van der Waals surface area contributed by atoms with Crippen LogP contribution in [0.2, 0.25) is 0 Å². The molecule has 0 bridgehead atoms. The van der Waals surface area contributed by atoms with Crippen molar-refractivity contribution in [3.8, 4) is 46.0 Å². The standard InChI is InChI=1S/C31H44N2O5.C26H35NO4.C21H27NO2.C18H27NO4.C18H25NO4/c1-7-23-14-11-12-18-27(23)36-19-13-15-24-20-26(37-25-16-9-8-10-17-25)21-33(24)29(34)28(22(2)3)32-30(35)38-31(4,5)6;1-5-20-12-9-10-16-24(20)29-17-11-13-21-18-23(30-22-14-7-6-8-15-22)19-27(21)25(28)31-26(2,3)4;1-2-17-9-6-7-13-21(17)23-14-8-10-18-15-20(16-22-18)24-19-11-4-3-5-12-19;2*1-18(2,3)23-17(21)19-13-16(12-14(19)8-7-11-20)22-15-9-5-4-6-10-15/h8-12,14,16-18,22,24,26,28H,7,13,15,19-21H2,1-6H3,(H,32,35);6-10,12,14-16,21,23H,5,11,13,17-19H2,1-4H3;3-7,9,11-13,18,20,22H,2,8,10,14-16H2,1H3;4-6,9-10,14,16,20H,7-8,11-13H2,1-3H3;4-10,14,16,20H,11-13H2,1-3H3/b;;;;8-7+/t24-,26+,28+;21-,23+;18-,20+;2*14-,16+/m11111/s1. The number of nitrogens with zero attached hydrogens (tertiary/aromatic N) is 4. The number of carbonyl (C=O) groups is 5. The predicted molar refractivity (Wildman–Crippen MR) is 547 cm³/mol. The molecule has 0 radical (unpaired) electrons. The molecule has 4 N–H and O–H groups in total. The molecule has 0 unspecified atom stereocenters. The van der Waals surface area contributed by atoms with Crippen LogP contribution in [0, 0.1) is 5.92 Å². The van der Waals surface area contributed by atoms with Crippen molar-refractivity contribution in [1.29, 1.82) is 0 Å². The van der Waals surface area contributed by atoms with Crippen LogP contribution in [0.5, 0.6) is 46.0 Å². The van der Waals surface area contributed by atoms with Crippen molar-refractivity contribution in [2.45, 2.75) is 310 Å². The molecule has 8 aromatic carbocycles. The largest absolute Gasteiger partial charge is 0.493 e. The minimum atomic E-state index is -0.685. The molecule has 11 atom stereocenters. The number of amides is 5. The Kier molecular flexibility index (Phi) is 45.1. The number of hydrogen-bond donors (Lipinski definition) is 4. The molecular formula is C114H158N6O19. The fourth-order valence-corrected chi connectivity index (χ4v) is 17.2. The molecule has 5 heterocycles. The molecule has 13 rings (SSSR count). The van der Waals surface area contributed by atoms with E-state index in [1.54, 1.807) is 15.9 Å². The van der Waals surface area contributed by atoms with Crippen molar-refractivity contribution in [2.24, 2.45) is 5.92 Å². The molecule has 25 heteroatoms. The first-order chi connectivity index (χ1) is 66.5. The Balaban J connectivity index is 0.000000197. The van der Waals surface area contributed by atoms with Crippen molar-refractivity contribution >= 4 is 30.3 Å². The van der Waals surface area contributed by atoms with Crippen molar-refractivity contribution in [2.75, 3.05) is 65.8 Å². The Morgan fingerprint density at radius 3 is 1.04 bits per heavy atom. The highest BCUT2D eigenvalue weighted by atomic mass is 16.6. The number of likely N-dealkylation sites (tertiary alicyclic amines) is 4. The lowest BCUT2D eigenvalue weighted by atomic mass is 10.0. The van der Waals surface area contributed by atoms with E-state index in [1.165, 1.54) is 16.7 Å². The first-order valence-corrected chi connectivity index (χ1v) is 50.2. The number of benzene rings is 8. The number of para-hydroxylation sites is 8. The molecule has 5 aliphatic rings. The Morgan fingerprint density at radius 1 is 0.381 bits per heavy atom. The van der Waals surface area contributed by atoms with E-state index in [2.05, 4.69) is 61.7 Å². The van der Waals surface area contributed by atoms with E-state index in [0.29, 0.717) is 58.3 Å². The molecular weight excluding hydrogens is 1760 g/mol. The van der Waals surface area contributed by atoms with Crippen LogP contribution < -0.4 is 48.5 Å². The molecule has 0 saturated carbocycles. The van der Waals surface area contributed by atoms with Crippen LogP contribution in [0.1, 0.15) is 218 Å². The van der Waals surface area contributed by atoms with Crippen LogP contribution in [-0.4, -0.2) is 215 Å². The van der Waals surface area contributed by atoms with Gasteiger partial charge in [-0.1, -0.05) is 192 Å². The van der Waals surface area contributed by atoms with Crippen LogP contribution in [0.3, 0.4) is 0 Å². The van der Waals surface area contributed by atoms with Crippen LogP contribution in [0.4, 0.5) is 19.2 Å². The number of alkyl carbamates (subject to hydrolysis) is 1. The van der Waals surface area contributed by atoms with Gasteiger partial charge in [-0.2, -0.15) is 0 Å². The zero-order valence-corrected chi connectivity index (χ0v) is 85.5. The first-order valence-electron chi connectivity index (χ1n) is 50.2. The van der Waals surface area contributed by atoms with E-state index in [0.717, 1.165) is 149 Å². The number of carbonyl (C=O) groups excluding carboxylic acids is 5. The van der Waals surface area contributed by atoms with E-state index in [9.17, 15) is 24.0 Å². The van der Waals surface area contributed by atoms with E-state index < -0.39 is 34.5 Å². The van der Waals surface area contributed by atoms with Gasteiger partial charge in [0.15, 0.2) is 0 Å². The van der Waals surface area contributed by atoms with Crippen molar-refractivity contribution in [3.63, 3.8) is 0 Å². The Bertz CT molecular complexity index is 4910. The fraction of sp³-hybridized carbons (Fsp3) is 0.518. The first kappa shape index (κ1) is 111. The van der Waals surface area contributed by atoms with Crippen LogP contribution in [0.15, 0.2) is 237 Å². The predicted octanol–water partition coefficient (Wildman–Crippen LogP) is 22.3. The summed E-state index contributed by atoms with van der Waals surface area (Å²) < 4.78 is 70.4. The quantitative estimate of drug-likeness (QED) is 0.0161. The number of aryl methyl sites for hydroxylation is 3. The van der Waals surface area contributed by atoms with Gasteiger partial charge in [-0.3, -0.25) is 9.69 Å². The Morgan fingerprint density at radius 2 is 0.691 bits per heavy atom. The Hall–Kier alpha value is -11.7. The summed E-state index contributed by atoms with van der Waals surface area (Å²) in [5, 5.41) is 24.4. The summed E-state index contributed by atoms with van der Waals surface area (Å²) in [6.07, 6.45) is 15.7. The van der Waals surface area contributed by atoms with Gasteiger partial charge >= 0.3 is 24.4 Å². The van der Waals surface area contributed by atoms with E-state index in [4.69, 9.17) is 67.1 Å². The van der Waals surface area contributed by atoms with Gasteiger partial charge in [-0.25, -0.2) is 19.2 Å². The number of hydrogen-bond acceptors (Lipinski definition) is 20. The zero-order chi connectivity index (χ0) is 100. The maximum Gasteiger partial charge on any atom is 0.410 e. The molecule has 5 fully saturated rings. The second-order valence-corrected chi connectivity index (χ2v) is 40.2. The minimum Gasteiger partial charge on any atom is -0.493 e. The summed E-state index contributed by atoms with van der Waals surface area (Å²) in [4.78, 5) is 71.1. The van der Waals surface area contributed by atoms with Crippen LogP contribution in [-0.2, 0) is 43.0 Å². The smallest absolute Gasteiger partial charge is 0.410 e. The van der Waals surface area contributed by atoms with Crippen molar-refractivity contribution in [1.82, 2.24) is 30.2 Å². The van der Waals surface area contributed by atoms with E-state index in [-0.39, 0.29) is 98.0 Å². The normalized spacial score (nSPS) is 19.7. The number of aliphatic hydroxyl groups excluding tert-OH is 2. The molecule has 5 aliphatic heterocycles. The highest BCUT2D eigenvalue weighted by Crippen LogP contribution is 2.35. The SMILES string of the molecule is CC(C)(C)OC(=O)N1C[C@@H](Oc2ccccc2)C[C@H]1/C=C/CO.CC(C)(C)OC(=O)N1C[C@@H](Oc2ccccc2)C[C@H]1CCCO.CCc1ccccc1OCCC[C@@H]1C[C@H](Oc2ccccc2)CN1.CCc1ccccc1OCCC[C@@H]1C[C@H](Oc2ccccc2)CN1C(=O)OC(C)(C)C.CCc1ccccc1OCCC[C@@H]1C[C@H](Oc2ccccc2)CN1C(=O)[C@@H](NC(=O)OC(C)(C)C)C(C)C. The van der Waals surface area contributed by atoms with Gasteiger partial charge in [-0.05, 0) is 255 Å². The molecule has 0 spiro atoms. The summed E-state index contributed by atoms with van der Waals surface area (Å²) in [6.45, 7) is 37.5. The number of rotatable bonds is 36. The third-order valence-corrected chi connectivity index (χ3v) is 23.7. The molecule has 758 valence electrons. The van der Waals surface area contributed by atoms with Gasteiger partial charge < -0.3 is 92.4 Å². The summed E-state index contributed by atoms with van der Waals surface area (Å²) in [7, 11) is 0. The van der Waals surface area contributed by atoms with E-state index >= 15 is 0 Å². The fourth-order valence-electron chi connectivity index (χ4n) is 17.2. The average molecular weight is 1920 g/mol. The average Bonchev–Trinajstić information content (AvgIpc) is 1.69. The number of ether oxygens (including phenoxy) is 12. The van der Waals surface area contributed by atoms with Gasteiger partial charge in [0.2, 0.25) is 5.91 Å². The van der Waals surface area contributed by atoms with Crippen molar-refractivity contribution < 1.29 is 91.0 Å². The molecule has 0 aromatic heterocycles. The molecule has 25 nitrogen and oxygen atoms in total. The molecule has 5 saturated heterocycles. The third-order valence-electron chi connectivity index (χ3n) is 23.7. The highest BCUT2D eigenvalue weighted by Gasteiger charge is 2.44. The van der Waals surface area contributed by atoms with Gasteiger partial charge in [-0.15, -0.1) is 0 Å². The van der Waals surface area contributed by atoms with Crippen LogP contribution >= 0.6 is 0 Å². The lowest BCUT2D eigenvalue weighted by Crippen LogP contribution is -2.53. The van der Waals surface area contributed by atoms with Crippen LogP contribution in [0.25, 0.3) is 0 Å². The number of aliphatic hydroxyl groups is 2. The lowest BCUT2D eigenvalue weighted by molar-refractivity contribution is -0.135. The second-order valence-electron chi connectivity index (χ2n) is 40.2. The second kappa shape index (κ2) is 56.5. The monoisotopic (exact) mass is 1920 g/mol. The Labute approximate surface area is 827 Å². The van der Waals surface area contributed by atoms with Gasteiger partial charge in [0.05, 0.1) is 58.6 Å². The third kappa shape index (κ3) is 39.9. The maximum atomic E-state index is 13.8. The molecule has 139 heavy (non-hydrogen) atoms. The zero-order valence-electron chi connectivity index (χ0n) is 85.5. The summed E-state index contributed by atoms with van der Waals surface area (Å²) in [5.74, 6) is 6.87. The molecule has 5 amide bonds. The molecule has 0 aliphatic carbocycles. The molecule has 8 aromatic rings. The minimum absolute atomic E-state index is 0.0112. The lowest BCUT2D eigenvalue weighted by Gasteiger charge is -2.31.